The van der Waals surface area contributed by atoms with Gasteiger partial charge in [-0.3, -0.25) is 0 Å². The molecule has 0 amide bonds. The number of hydrogen-bond acceptors (Lipinski definition) is 5. The van der Waals surface area contributed by atoms with Crippen molar-refractivity contribution in [3.05, 3.63) is 47.9 Å². The van der Waals surface area contributed by atoms with Gasteiger partial charge < -0.3 is 20.2 Å². The molecule has 1 aromatic heterocycles. The predicted octanol–water partition coefficient (Wildman–Crippen LogP) is 3.08. The van der Waals surface area contributed by atoms with Gasteiger partial charge in [0.05, 0.1) is 29.8 Å². The van der Waals surface area contributed by atoms with Gasteiger partial charge in [0, 0.05) is 12.5 Å². The minimum atomic E-state index is -0.405. The lowest BCUT2D eigenvalue weighted by atomic mass is 10.1. The quantitative estimate of drug-likeness (QED) is 0.631. The normalized spacial score (nSPS) is 11.9. The van der Waals surface area contributed by atoms with Crippen molar-refractivity contribution in [3.8, 4) is 0 Å². The summed E-state index contributed by atoms with van der Waals surface area (Å²) >= 11 is 0. The minimum Gasteiger partial charge on any atom is -0.469 e. The molecule has 1 heterocycles. The summed E-state index contributed by atoms with van der Waals surface area (Å²) in [7, 11) is 0. The molecule has 0 saturated carbocycles. The van der Waals surface area contributed by atoms with Gasteiger partial charge in [-0.25, -0.2) is 4.79 Å². The number of anilines is 2. The topological polar surface area (TPSA) is 77.5 Å². The molecule has 112 valence electrons. The molecule has 5 heteroatoms. The Hall–Kier alpha value is -2.43. The molecule has 2 rings (SSSR count). The standard InChI is InChI=1S/C16H20N2O3/c1-3-20-16(19)13-7-4-8-14(15(13)17)18-11(2)10-12-6-5-9-21-12/h4-9,11,18H,3,10,17H2,1-2H3. The van der Waals surface area contributed by atoms with Gasteiger partial charge >= 0.3 is 5.97 Å². The molecule has 0 aliphatic carbocycles. The van der Waals surface area contributed by atoms with Gasteiger partial charge in [0.25, 0.3) is 0 Å². The van der Waals surface area contributed by atoms with Gasteiger partial charge in [-0.1, -0.05) is 6.07 Å². The average Bonchev–Trinajstić information content (AvgIpc) is 2.94. The zero-order valence-electron chi connectivity index (χ0n) is 12.3. The van der Waals surface area contributed by atoms with Crippen molar-refractivity contribution < 1.29 is 13.9 Å². The number of carbonyl (C=O) groups is 1. The Labute approximate surface area is 124 Å². The van der Waals surface area contributed by atoms with Gasteiger partial charge in [-0.2, -0.15) is 0 Å². The van der Waals surface area contributed by atoms with E-state index in [1.54, 1.807) is 25.3 Å². The molecule has 5 nitrogen and oxygen atoms in total. The molecule has 0 radical (unpaired) electrons. The fourth-order valence-electron chi connectivity index (χ4n) is 2.12. The second kappa shape index (κ2) is 6.83. The van der Waals surface area contributed by atoms with E-state index in [1.165, 1.54) is 0 Å². The van der Waals surface area contributed by atoms with E-state index in [2.05, 4.69) is 5.32 Å². The van der Waals surface area contributed by atoms with Crippen LogP contribution in [0.3, 0.4) is 0 Å². The molecule has 0 bridgehead atoms. The van der Waals surface area contributed by atoms with Crippen LogP contribution in [0.1, 0.15) is 30.0 Å². The van der Waals surface area contributed by atoms with Crippen molar-refractivity contribution in [2.75, 3.05) is 17.7 Å². The van der Waals surface area contributed by atoms with E-state index in [0.29, 0.717) is 17.9 Å². The Morgan fingerprint density at radius 1 is 1.38 bits per heavy atom. The summed E-state index contributed by atoms with van der Waals surface area (Å²) in [4.78, 5) is 11.8. The maximum Gasteiger partial charge on any atom is 0.340 e. The Kier molecular flexibility index (Phi) is 4.87. The molecule has 1 unspecified atom stereocenters. The molecule has 3 N–H and O–H groups in total. The molecule has 2 aromatic rings. The molecular formula is C16H20N2O3. The summed E-state index contributed by atoms with van der Waals surface area (Å²) in [6.45, 7) is 4.12. The van der Waals surface area contributed by atoms with Crippen LogP contribution < -0.4 is 11.1 Å². The van der Waals surface area contributed by atoms with Crippen molar-refractivity contribution in [1.29, 1.82) is 0 Å². The zero-order chi connectivity index (χ0) is 15.2. The maximum atomic E-state index is 11.8. The highest BCUT2D eigenvalue weighted by molar-refractivity contribution is 5.98. The van der Waals surface area contributed by atoms with E-state index in [-0.39, 0.29) is 6.04 Å². The fourth-order valence-corrected chi connectivity index (χ4v) is 2.12. The molecule has 1 aromatic carbocycles. The summed E-state index contributed by atoms with van der Waals surface area (Å²) in [6, 6.07) is 9.20. The van der Waals surface area contributed by atoms with Crippen LogP contribution in [-0.2, 0) is 11.2 Å². The number of rotatable bonds is 6. The van der Waals surface area contributed by atoms with E-state index in [9.17, 15) is 4.79 Å². The van der Waals surface area contributed by atoms with Crippen LogP contribution in [0, 0.1) is 0 Å². The van der Waals surface area contributed by atoms with Gasteiger partial charge in [-0.05, 0) is 38.1 Å². The molecule has 0 aliphatic heterocycles. The molecule has 1 atom stereocenters. The van der Waals surface area contributed by atoms with Crippen LogP contribution in [0.5, 0.6) is 0 Å². The highest BCUT2D eigenvalue weighted by Crippen LogP contribution is 2.24. The van der Waals surface area contributed by atoms with Crippen LogP contribution in [0.25, 0.3) is 0 Å². The smallest absolute Gasteiger partial charge is 0.340 e. The molecule has 0 aliphatic rings. The van der Waals surface area contributed by atoms with Crippen molar-refractivity contribution in [2.24, 2.45) is 0 Å². The Balaban J connectivity index is 2.09. The first-order valence-electron chi connectivity index (χ1n) is 6.96. The Morgan fingerprint density at radius 2 is 2.19 bits per heavy atom. The third-order valence-corrected chi connectivity index (χ3v) is 3.09. The number of nitrogens with one attached hydrogen (secondary N) is 1. The first-order chi connectivity index (χ1) is 10.1. The largest absolute Gasteiger partial charge is 0.469 e. The van der Waals surface area contributed by atoms with E-state index < -0.39 is 5.97 Å². The fraction of sp³-hybridized carbons (Fsp3) is 0.312. The predicted molar refractivity (Wildman–Crippen MR) is 82.3 cm³/mol. The number of carbonyl (C=O) groups excluding carboxylic acids is 1. The van der Waals surface area contributed by atoms with Crippen LogP contribution in [-0.4, -0.2) is 18.6 Å². The van der Waals surface area contributed by atoms with Gasteiger partial charge in [0.2, 0.25) is 0 Å². The first kappa shape index (κ1) is 15.0. The second-order valence-electron chi connectivity index (χ2n) is 4.82. The van der Waals surface area contributed by atoms with Crippen LogP contribution in [0.15, 0.2) is 41.0 Å². The maximum absolute atomic E-state index is 11.8. The summed E-state index contributed by atoms with van der Waals surface area (Å²) in [5.41, 5.74) is 7.56. The Bertz CT molecular complexity index is 594. The molecule has 0 saturated heterocycles. The number of para-hydroxylation sites is 1. The minimum absolute atomic E-state index is 0.121. The Morgan fingerprint density at radius 3 is 2.86 bits per heavy atom. The number of hydrogen-bond donors (Lipinski definition) is 2. The second-order valence-corrected chi connectivity index (χ2v) is 4.82. The van der Waals surface area contributed by atoms with E-state index >= 15 is 0 Å². The van der Waals surface area contributed by atoms with E-state index in [0.717, 1.165) is 17.9 Å². The molecule has 0 fully saturated rings. The lowest BCUT2D eigenvalue weighted by molar-refractivity contribution is 0.0527. The number of ether oxygens (including phenoxy) is 1. The number of benzene rings is 1. The number of nitrogens with two attached hydrogens (primary N) is 1. The van der Waals surface area contributed by atoms with Crippen molar-refractivity contribution in [3.63, 3.8) is 0 Å². The number of furan rings is 1. The van der Waals surface area contributed by atoms with Crippen molar-refractivity contribution in [1.82, 2.24) is 0 Å². The molecule has 0 spiro atoms. The lowest BCUT2D eigenvalue weighted by Crippen LogP contribution is -2.19. The van der Waals surface area contributed by atoms with Crippen molar-refractivity contribution >= 4 is 17.3 Å². The van der Waals surface area contributed by atoms with Gasteiger partial charge in [-0.15, -0.1) is 0 Å². The summed E-state index contributed by atoms with van der Waals surface area (Å²) in [6.07, 6.45) is 2.38. The van der Waals surface area contributed by atoms with Gasteiger partial charge in [0.1, 0.15) is 5.76 Å². The monoisotopic (exact) mass is 288 g/mol. The van der Waals surface area contributed by atoms with E-state index in [4.69, 9.17) is 14.9 Å². The highest BCUT2D eigenvalue weighted by atomic mass is 16.5. The van der Waals surface area contributed by atoms with Gasteiger partial charge in [0.15, 0.2) is 0 Å². The molecular weight excluding hydrogens is 268 g/mol. The third-order valence-electron chi connectivity index (χ3n) is 3.09. The number of esters is 1. The van der Waals surface area contributed by atoms with Crippen LogP contribution >= 0.6 is 0 Å². The van der Waals surface area contributed by atoms with E-state index in [1.807, 2.05) is 25.1 Å². The summed E-state index contributed by atoms with van der Waals surface area (Å²) < 4.78 is 10.3. The van der Waals surface area contributed by atoms with Crippen molar-refractivity contribution in [2.45, 2.75) is 26.3 Å². The summed E-state index contributed by atoms with van der Waals surface area (Å²) in [5, 5.41) is 3.29. The summed E-state index contributed by atoms with van der Waals surface area (Å²) in [5.74, 6) is 0.493. The third kappa shape index (κ3) is 3.78. The SMILES string of the molecule is CCOC(=O)c1cccc(NC(C)Cc2ccco2)c1N. The zero-order valence-corrected chi connectivity index (χ0v) is 12.3. The van der Waals surface area contributed by atoms with Crippen LogP contribution in [0.4, 0.5) is 11.4 Å². The number of nitrogen functional groups attached to an aromatic ring is 1. The average molecular weight is 288 g/mol. The van der Waals surface area contributed by atoms with Crippen LogP contribution in [0.2, 0.25) is 0 Å². The first-order valence-corrected chi connectivity index (χ1v) is 6.96. The molecule has 21 heavy (non-hydrogen) atoms. The lowest BCUT2D eigenvalue weighted by Gasteiger charge is -2.17. The highest BCUT2D eigenvalue weighted by Gasteiger charge is 2.15.